The molecule has 0 bridgehead atoms. The molecule has 2 aromatic carbocycles. The molecule has 0 saturated carbocycles. The smallest absolute Gasteiger partial charge is 0.162 e. The van der Waals surface area contributed by atoms with Gasteiger partial charge in [-0.3, -0.25) is 0 Å². The predicted octanol–water partition coefficient (Wildman–Crippen LogP) is 3.47. The predicted molar refractivity (Wildman–Crippen MR) is 77.7 cm³/mol. The van der Waals surface area contributed by atoms with Crippen LogP contribution in [0.2, 0.25) is 0 Å². The van der Waals surface area contributed by atoms with E-state index in [0.717, 1.165) is 0 Å². The molecule has 0 atom stereocenters. The fraction of sp³-hybridized carbons (Fsp3) is 0.250. The maximum absolute atomic E-state index is 5.85. The molecule has 0 saturated heterocycles. The van der Waals surface area contributed by atoms with Crippen molar-refractivity contribution in [2.45, 2.75) is 20.5 Å². The molecule has 3 nitrogen and oxygen atoms in total. The first-order chi connectivity index (χ1) is 9.11. The molecule has 0 unspecified atom stereocenters. The van der Waals surface area contributed by atoms with Crippen molar-refractivity contribution in [2.24, 2.45) is 0 Å². The molecule has 2 N–H and O–H groups in total. The Morgan fingerprint density at radius 1 is 1.00 bits per heavy atom. The first-order valence-electron chi connectivity index (χ1n) is 6.23. The second-order valence-corrected chi connectivity index (χ2v) is 4.57. The molecule has 0 aliphatic heterocycles. The van der Waals surface area contributed by atoms with Gasteiger partial charge in [0.05, 0.1) is 7.11 Å². The first kappa shape index (κ1) is 13.3. The van der Waals surface area contributed by atoms with Gasteiger partial charge in [0.2, 0.25) is 0 Å². The van der Waals surface area contributed by atoms with E-state index in [9.17, 15) is 0 Å². The van der Waals surface area contributed by atoms with Crippen LogP contribution in [-0.4, -0.2) is 7.11 Å². The van der Waals surface area contributed by atoms with Gasteiger partial charge in [0, 0.05) is 11.8 Å². The van der Waals surface area contributed by atoms with Gasteiger partial charge in [-0.15, -0.1) is 0 Å². The maximum Gasteiger partial charge on any atom is 0.162 e. The summed E-state index contributed by atoms with van der Waals surface area (Å²) in [5.74, 6) is 1.37. The van der Waals surface area contributed by atoms with Gasteiger partial charge in [-0.2, -0.15) is 0 Å². The van der Waals surface area contributed by atoms with Crippen molar-refractivity contribution in [3.63, 3.8) is 0 Å². The number of benzene rings is 2. The van der Waals surface area contributed by atoms with E-state index in [4.69, 9.17) is 15.2 Å². The molecule has 19 heavy (non-hydrogen) atoms. The van der Waals surface area contributed by atoms with E-state index in [1.807, 2.05) is 12.1 Å². The topological polar surface area (TPSA) is 44.5 Å². The van der Waals surface area contributed by atoms with Crippen molar-refractivity contribution in [1.82, 2.24) is 0 Å². The molecule has 2 aromatic rings. The summed E-state index contributed by atoms with van der Waals surface area (Å²) >= 11 is 0. The number of nitrogen functional groups attached to an aromatic ring is 1. The monoisotopic (exact) mass is 257 g/mol. The molecule has 3 heteroatoms. The van der Waals surface area contributed by atoms with E-state index < -0.39 is 0 Å². The summed E-state index contributed by atoms with van der Waals surface area (Å²) < 4.78 is 11.1. The van der Waals surface area contributed by atoms with Crippen LogP contribution < -0.4 is 15.2 Å². The highest BCUT2D eigenvalue weighted by molar-refractivity contribution is 5.52. The van der Waals surface area contributed by atoms with Crippen LogP contribution in [0.25, 0.3) is 0 Å². The summed E-state index contributed by atoms with van der Waals surface area (Å²) in [7, 11) is 1.61. The summed E-state index contributed by atoms with van der Waals surface area (Å²) in [6, 6.07) is 11.6. The zero-order valence-corrected chi connectivity index (χ0v) is 11.6. The second-order valence-electron chi connectivity index (χ2n) is 4.57. The largest absolute Gasteiger partial charge is 0.493 e. The molecule has 0 aliphatic carbocycles. The number of hydrogen-bond acceptors (Lipinski definition) is 3. The first-order valence-corrected chi connectivity index (χ1v) is 6.23. The van der Waals surface area contributed by atoms with Gasteiger partial charge in [0.25, 0.3) is 0 Å². The number of anilines is 1. The van der Waals surface area contributed by atoms with Gasteiger partial charge in [-0.1, -0.05) is 18.2 Å². The van der Waals surface area contributed by atoms with Crippen LogP contribution in [0, 0.1) is 13.8 Å². The van der Waals surface area contributed by atoms with Crippen LogP contribution in [0.5, 0.6) is 11.5 Å². The lowest BCUT2D eigenvalue weighted by Crippen LogP contribution is -2.02. The Hall–Kier alpha value is -2.16. The van der Waals surface area contributed by atoms with Gasteiger partial charge in [-0.05, 0) is 42.7 Å². The molecule has 0 spiro atoms. The number of hydrogen-bond donors (Lipinski definition) is 1. The van der Waals surface area contributed by atoms with Crippen LogP contribution in [0.15, 0.2) is 36.4 Å². The molecule has 0 radical (unpaired) electrons. The van der Waals surface area contributed by atoms with Crippen molar-refractivity contribution in [2.75, 3.05) is 12.8 Å². The highest BCUT2D eigenvalue weighted by atomic mass is 16.5. The molecule has 0 heterocycles. The van der Waals surface area contributed by atoms with Gasteiger partial charge < -0.3 is 15.2 Å². The van der Waals surface area contributed by atoms with E-state index in [0.29, 0.717) is 23.8 Å². The molecule has 2 rings (SSSR count). The molecule has 100 valence electrons. The number of ether oxygens (including phenoxy) is 2. The van der Waals surface area contributed by atoms with Gasteiger partial charge in [0.15, 0.2) is 11.5 Å². The SMILES string of the molecule is COc1cc(N)ccc1OCc1c(C)cccc1C. The minimum Gasteiger partial charge on any atom is -0.493 e. The van der Waals surface area contributed by atoms with Gasteiger partial charge >= 0.3 is 0 Å². The molecule has 0 fully saturated rings. The summed E-state index contributed by atoms with van der Waals surface area (Å²) in [6.07, 6.45) is 0. The van der Waals surface area contributed by atoms with E-state index in [2.05, 4.69) is 32.0 Å². The highest BCUT2D eigenvalue weighted by Crippen LogP contribution is 2.30. The van der Waals surface area contributed by atoms with Crippen molar-refractivity contribution >= 4 is 5.69 Å². The van der Waals surface area contributed by atoms with Crippen LogP contribution >= 0.6 is 0 Å². The Labute approximate surface area is 114 Å². The lowest BCUT2D eigenvalue weighted by molar-refractivity contribution is 0.283. The van der Waals surface area contributed by atoms with E-state index >= 15 is 0 Å². The van der Waals surface area contributed by atoms with Gasteiger partial charge in [0.1, 0.15) is 6.61 Å². The fourth-order valence-corrected chi connectivity index (χ4v) is 2.03. The Morgan fingerprint density at radius 3 is 2.32 bits per heavy atom. The minimum absolute atomic E-state index is 0.527. The Bertz CT molecular complexity index is 559. The van der Waals surface area contributed by atoms with Crippen molar-refractivity contribution < 1.29 is 9.47 Å². The average molecular weight is 257 g/mol. The molecule has 0 amide bonds. The van der Waals surface area contributed by atoms with E-state index in [1.165, 1.54) is 16.7 Å². The number of methoxy groups -OCH3 is 1. The Morgan fingerprint density at radius 2 is 1.68 bits per heavy atom. The summed E-state index contributed by atoms with van der Waals surface area (Å²) in [4.78, 5) is 0. The average Bonchev–Trinajstić information content (AvgIpc) is 2.39. The lowest BCUT2D eigenvalue weighted by Gasteiger charge is -2.14. The Balaban J connectivity index is 2.19. The third-order valence-electron chi connectivity index (χ3n) is 3.20. The van der Waals surface area contributed by atoms with Crippen LogP contribution in [-0.2, 0) is 6.61 Å². The standard InChI is InChI=1S/C16H19NO2/c1-11-5-4-6-12(2)14(11)10-19-15-8-7-13(17)9-16(15)18-3/h4-9H,10,17H2,1-3H3. The van der Waals surface area contributed by atoms with Crippen LogP contribution in [0.4, 0.5) is 5.69 Å². The molecule has 0 aromatic heterocycles. The third-order valence-corrected chi connectivity index (χ3v) is 3.20. The molecular weight excluding hydrogens is 238 g/mol. The zero-order chi connectivity index (χ0) is 13.8. The Kier molecular flexibility index (Phi) is 3.95. The normalized spacial score (nSPS) is 10.3. The molecule has 0 aliphatic rings. The summed E-state index contributed by atoms with van der Waals surface area (Å²) in [6.45, 7) is 4.70. The lowest BCUT2D eigenvalue weighted by atomic mass is 10.0. The van der Waals surface area contributed by atoms with Gasteiger partial charge in [-0.25, -0.2) is 0 Å². The fourth-order valence-electron chi connectivity index (χ4n) is 2.03. The van der Waals surface area contributed by atoms with Crippen molar-refractivity contribution in [1.29, 1.82) is 0 Å². The molecular formula is C16H19NO2. The van der Waals surface area contributed by atoms with Crippen molar-refractivity contribution in [3.8, 4) is 11.5 Å². The second kappa shape index (κ2) is 5.65. The minimum atomic E-state index is 0.527. The van der Waals surface area contributed by atoms with Crippen molar-refractivity contribution in [3.05, 3.63) is 53.1 Å². The van der Waals surface area contributed by atoms with E-state index in [1.54, 1.807) is 13.2 Å². The number of rotatable bonds is 4. The maximum atomic E-state index is 5.85. The van der Waals surface area contributed by atoms with Crippen LogP contribution in [0.1, 0.15) is 16.7 Å². The quantitative estimate of drug-likeness (QED) is 0.853. The van der Waals surface area contributed by atoms with Crippen LogP contribution in [0.3, 0.4) is 0 Å². The number of nitrogens with two attached hydrogens (primary N) is 1. The zero-order valence-electron chi connectivity index (χ0n) is 11.6. The highest BCUT2D eigenvalue weighted by Gasteiger charge is 2.07. The number of aryl methyl sites for hydroxylation is 2. The van der Waals surface area contributed by atoms with E-state index in [-0.39, 0.29) is 0 Å². The summed E-state index contributed by atoms with van der Waals surface area (Å²) in [5, 5.41) is 0. The third kappa shape index (κ3) is 2.99. The summed E-state index contributed by atoms with van der Waals surface area (Å²) in [5.41, 5.74) is 10.1.